The van der Waals surface area contributed by atoms with Crippen molar-refractivity contribution in [2.24, 2.45) is 0 Å². The normalized spacial score (nSPS) is 19.0. The van der Waals surface area contributed by atoms with Gasteiger partial charge in [-0.25, -0.2) is 0 Å². The molecule has 2 amide bonds. The van der Waals surface area contributed by atoms with Gasteiger partial charge in [-0.2, -0.15) is 0 Å². The van der Waals surface area contributed by atoms with Crippen LogP contribution in [-0.2, 0) is 16.1 Å². The molecule has 0 saturated carbocycles. The van der Waals surface area contributed by atoms with Crippen LogP contribution in [0.3, 0.4) is 0 Å². The molecule has 4 heterocycles. The molecule has 6 nitrogen and oxygen atoms in total. The molecule has 0 aliphatic carbocycles. The van der Waals surface area contributed by atoms with E-state index in [2.05, 4.69) is 16.9 Å². The average molecular weight is 397 g/mol. The predicted molar refractivity (Wildman–Crippen MR) is 109 cm³/mol. The first-order valence-corrected chi connectivity index (χ1v) is 10.4. The summed E-state index contributed by atoms with van der Waals surface area (Å²) in [5.41, 5.74) is 1.91. The number of rotatable bonds is 5. The van der Waals surface area contributed by atoms with E-state index in [-0.39, 0.29) is 24.4 Å². The molecule has 7 heteroatoms. The molecule has 146 valence electrons. The van der Waals surface area contributed by atoms with Crippen LogP contribution in [0.5, 0.6) is 0 Å². The van der Waals surface area contributed by atoms with Gasteiger partial charge in [-0.05, 0) is 56.1 Å². The summed E-state index contributed by atoms with van der Waals surface area (Å²) in [5, 5.41) is 1.94. The second-order valence-electron chi connectivity index (χ2n) is 7.40. The SMILES string of the molecule is CN1CCC(N(C)C2=C(c3cccs3)C(=O)N(Cc3cccnc3)C2=O)CC1. The van der Waals surface area contributed by atoms with Gasteiger partial charge < -0.3 is 9.80 Å². The van der Waals surface area contributed by atoms with Crippen LogP contribution in [0.15, 0.2) is 47.7 Å². The molecule has 2 aliphatic rings. The zero-order chi connectivity index (χ0) is 19.7. The molecule has 28 heavy (non-hydrogen) atoms. The number of hydrogen-bond acceptors (Lipinski definition) is 6. The summed E-state index contributed by atoms with van der Waals surface area (Å²) in [6.07, 6.45) is 5.35. The molecule has 2 aliphatic heterocycles. The first-order chi connectivity index (χ1) is 13.6. The minimum atomic E-state index is -0.217. The summed E-state index contributed by atoms with van der Waals surface area (Å²) in [6.45, 7) is 2.24. The Bertz CT molecular complexity index is 886. The minimum Gasteiger partial charge on any atom is -0.366 e. The number of amides is 2. The second kappa shape index (κ2) is 7.85. The summed E-state index contributed by atoms with van der Waals surface area (Å²) >= 11 is 1.50. The standard InChI is InChI=1S/C21H24N4O2S/c1-23-10-7-16(8-11-23)24(2)19-18(17-6-4-12-28-17)20(26)25(21(19)27)14-15-5-3-9-22-13-15/h3-6,9,12-13,16H,7-8,10-11,14H2,1-2H3. The van der Waals surface area contributed by atoms with E-state index in [4.69, 9.17) is 0 Å². The number of likely N-dealkylation sites (N-methyl/N-ethyl adjacent to an activating group) is 1. The highest BCUT2D eigenvalue weighted by Gasteiger charge is 2.42. The van der Waals surface area contributed by atoms with E-state index in [0.717, 1.165) is 36.4 Å². The number of aromatic nitrogens is 1. The number of piperidine rings is 1. The van der Waals surface area contributed by atoms with Gasteiger partial charge in [-0.15, -0.1) is 11.3 Å². The molecule has 0 N–H and O–H groups in total. The van der Waals surface area contributed by atoms with Crippen molar-refractivity contribution >= 4 is 28.7 Å². The highest BCUT2D eigenvalue weighted by Crippen LogP contribution is 2.36. The summed E-state index contributed by atoms with van der Waals surface area (Å²) < 4.78 is 0. The Labute approximate surface area is 169 Å². The molecule has 0 unspecified atom stereocenters. The van der Waals surface area contributed by atoms with E-state index in [1.165, 1.54) is 16.2 Å². The van der Waals surface area contributed by atoms with Crippen molar-refractivity contribution in [2.45, 2.75) is 25.4 Å². The molecule has 2 aromatic heterocycles. The zero-order valence-corrected chi connectivity index (χ0v) is 17.0. The van der Waals surface area contributed by atoms with Gasteiger partial charge >= 0.3 is 0 Å². The minimum absolute atomic E-state index is 0.210. The van der Waals surface area contributed by atoms with Crippen molar-refractivity contribution in [3.63, 3.8) is 0 Å². The van der Waals surface area contributed by atoms with Crippen LogP contribution in [0.25, 0.3) is 5.57 Å². The lowest BCUT2D eigenvalue weighted by Gasteiger charge is -2.36. The van der Waals surface area contributed by atoms with Crippen molar-refractivity contribution in [1.82, 2.24) is 19.7 Å². The van der Waals surface area contributed by atoms with Gasteiger partial charge in [0, 0.05) is 30.4 Å². The first-order valence-electron chi connectivity index (χ1n) is 9.51. The molecule has 0 bridgehead atoms. The molecule has 0 atom stereocenters. The number of carbonyl (C=O) groups is 2. The maximum absolute atomic E-state index is 13.4. The highest BCUT2D eigenvalue weighted by molar-refractivity contribution is 7.11. The summed E-state index contributed by atoms with van der Waals surface area (Å²) in [5.74, 6) is -0.426. The van der Waals surface area contributed by atoms with Crippen molar-refractivity contribution in [3.05, 3.63) is 58.2 Å². The number of thiophene rings is 1. The van der Waals surface area contributed by atoms with Crippen LogP contribution >= 0.6 is 11.3 Å². The fraction of sp³-hybridized carbons (Fsp3) is 0.381. The van der Waals surface area contributed by atoms with Crippen LogP contribution in [0.4, 0.5) is 0 Å². The number of pyridine rings is 1. The topological polar surface area (TPSA) is 56.8 Å². The lowest BCUT2D eigenvalue weighted by atomic mass is 10.0. The predicted octanol–water partition coefficient (Wildman–Crippen LogP) is 2.45. The summed E-state index contributed by atoms with van der Waals surface area (Å²) in [7, 11) is 4.07. The highest BCUT2D eigenvalue weighted by atomic mass is 32.1. The zero-order valence-electron chi connectivity index (χ0n) is 16.2. The number of imide groups is 1. The lowest BCUT2D eigenvalue weighted by Crippen LogP contribution is -2.43. The molecular formula is C21H24N4O2S. The van der Waals surface area contributed by atoms with Crippen molar-refractivity contribution in [1.29, 1.82) is 0 Å². The summed E-state index contributed by atoms with van der Waals surface area (Å²) in [6, 6.07) is 7.80. The van der Waals surface area contributed by atoms with Gasteiger partial charge in [0.25, 0.3) is 11.8 Å². The fourth-order valence-electron chi connectivity index (χ4n) is 3.92. The monoisotopic (exact) mass is 396 g/mol. The van der Waals surface area contributed by atoms with Gasteiger partial charge in [0.15, 0.2) is 0 Å². The number of nitrogens with zero attached hydrogens (tertiary/aromatic N) is 4. The van der Waals surface area contributed by atoms with Crippen LogP contribution < -0.4 is 0 Å². The van der Waals surface area contributed by atoms with Crippen LogP contribution in [-0.4, -0.2) is 64.7 Å². The fourth-order valence-corrected chi connectivity index (χ4v) is 4.68. The Kier molecular flexibility index (Phi) is 5.28. The van der Waals surface area contributed by atoms with Gasteiger partial charge in [0.1, 0.15) is 5.70 Å². The molecule has 0 spiro atoms. The number of likely N-dealkylation sites (tertiary alicyclic amines) is 1. The Hall–Kier alpha value is -2.51. The molecule has 4 rings (SSSR count). The third-order valence-electron chi connectivity index (χ3n) is 5.56. The van der Waals surface area contributed by atoms with E-state index < -0.39 is 0 Å². The Morgan fingerprint density at radius 2 is 1.96 bits per heavy atom. The average Bonchev–Trinajstić information content (AvgIpc) is 3.31. The summed E-state index contributed by atoms with van der Waals surface area (Å²) in [4.78, 5) is 37.3. The van der Waals surface area contributed by atoms with Gasteiger partial charge in [-0.3, -0.25) is 19.5 Å². The Balaban J connectivity index is 1.67. The number of carbonyl (C=O) groups excluding carboxylic acids is 2. The van der Waals surface area contributed by atoms with E-state index in [0.29, 0.717) is 11.3 Å². The molecule has 0 aromatic carbocycles. The Morgan fingerprint density at radius 1 is 1.18 bits per heavy atom. The van der Waals surface area contributed by atoms with E-state index in [1.54, 1.807) is 12.4 Å². The third-order valence-corrected chi connectivity index (χ3v) is 6.45. The first kappa shape index (κ1) is 18.8. The van der Waals surface area contributed by atoms with Crippen LogP contribution in [0, 0.1) is 0 Å². The maximum Gasteiger partial charge on any atom is 0.278 e. The van der Waals surface area contributed by atoms with E-state index in [1.807, 2.05) is 41.6 Å². The molecule has 1 saturated heterocycles. The number of hydrogen-bond donors (Lipinski definition) is 0. The van der Waals surface area contributed by atoms with Gasteiger partial charge in [0.2, 0.25) is 0 Å². The quantitative estimate of drug-likeness (QED) is 0.727. The molecule has 1 fully saturated rings. The molecule has 0 radical (unpaired) electrons. The van der Waals surface area contributed by atoms with E-state index in [9.17, 15) is 9.59 Å². The largest absolute Gasteiger partial charge is 0.366 e. The third kappa shape index (κ3) is 3.47. The Morgan fingerprint density at radius 3 is 2.61 bits per heavy atom. The van der Waals surface area contributed by atoms with Crippen LogP contribution in [0.1, 0.15) is 23.3 Å². The van der Waals surface area contributed by atoms with Crippen molar-refractivity contribution in [2.75, 3.05) is 27.2 Å². The van der Waals surface area contributed by atoms with Crippen LogP contribution in [0.2, 0.25) is 0 Å². The van der Waals surface area contributed by atoms with Gasteiger partial charge in [-0.1, -0.05) is 12.1 Å². The second-order valence-corrected chi connectivity index (χ2v) is 8.35. The van der Waals surface area contributed by atoms with Gasteiger partial charge in [0.05, 0.1) is 12.1 Å². The van der Waals surface area contributed by atoms with Crippen molar-refractivity contribution < 1.29 is 9.59 Å². The lowest BCUT2D eigenvalue weighted by molar-refractivity contribution is -0.138. The van der Waals surface area contributed by atoms with Crippen molar-refractivity contribution in [3.8, 4) is 0 Å². The molecule has 2 aromatic rings. The molecular weight excluding hydrogens is 372 g/mol. The van der Waals surface area contributed by atoms with E-state index >= 15 is 0 Å². The smallest absolute Gasteiger partial charge is 0.278 e. The maximum atomic E-state index is 13.4.